The lowest BCUT2D eigenvalue weighted by atomic mass is 10.2. The number of carbonyl (C=O) groups is 1. The lowest BCUT2D eigenvalue weighted by molar-refractivity contribution is 0.0710. The van der Waals surface area contributed by atoms with Crippen molar-refractivity contribution < 1.29 is 4.79 Å². The van der Waals surface area contributed by atoms with E-state index in [0.29, 0.717) is 11.6 Å². The van der Waals surface area contributed by atoms with Crippen LogP contribution in [0.2, 0.25) is 0 Å². The molecule has 0 aromatic carbocycles. The van der Waals surface area contributed by atoms with Gasteiger partial charge in [-0.25, -0.2) is 0 Å². The van der Waals surface area contributed by atoms with Crippen molar-refractivity contribution in [3.8, 4) is 0 Å². The van der Waals surface area contributed by atoms with E-state index in [4.69, 9.17) is 0 Å². The van der Waals surface area contributed by atoms with Gasteiger partial charge in [-0.2, -0.15) is 0 Å². The Balaban J connectivity index is 2.71. The third-order valence-electron chi connectivity index (χ3n) is 3.34. The Morgan fingerprint density at radius 1 is 1.20 bits per heavy atom. The van der Waals surface area contributed by atoms with Crippen LogP contribution in [0.3, 0.4) is 0 Å². The quantitative estimate of drug-likeness (QED) is 0.732. The number of carbonyl (C=O) groups excluding carboxylic acids is 1. The van der Waals surface area contributed by atoms with Crippen molar-refractivity contribution in [2.75, 3.05) is 32.7 Å². The van der Waals surface area contributed by atoms with Gasteiger partial charge in [-0.15, -0.1) is 0 Å². The number of hydrogen-bond acceptors (Lipinski definition) is 3. The molecular weight excluding hydrogens is 250 g/mol. The predicted molar refractivity (Wildman–Crippen MR) is 82.8 cm³/mol. The minimum Gasteiger partial charge on any atom is -0.336 e. The fourth-order valence-corrected chi connectivity index (χ4v) is 2.17. The molecule has 1 heterocycles. The normalized spacial score (nSPS) is 11.1. The number of pyridine rings is 1. The van der Waals surface area contributed by atoms with Crippen LogP contribution in [0.1, 0.15) is 38.2 Å². The van der Waals surface area contributed by atoms with Gasteiger partial charge in [0.15, 0.2) is 0 Å². The van der Waals surface area contributed by atoms with Crippen LogP contribution >= 0.6 is 0 Å². The highest BCUT2D eigenvalue weighted by molar-refractivity contribution is 5.92. The molecule has 0 unspecified atom stereocenters. The van der Waals surface area contributed by atoms with Crippen LogP contribution in [-0.2, 0) is 0 Å². The van der Waals surface area contributed by atoms with Crippen molar-refractivity contribution in [3.05, 3.63) is 30.1 Å². The van der Waals surface area contributed by atoms with Gasteiger partial charge in [0.25, 0.3) is 5.91 Å². The van der Waals surface area contributed by atoms with E-state index in [2.05, 4.69) is 37.6 Å². The van der Waals surface area contributed by atoms with E-state index >= 15 is 0 Å². The highest BCUT2D eigenvalue weighted by atomic mass is 16.2. The van der Waals surface area contributed by atoms with Gasteiger partial charge >= 0.3 is 0 Å². The molecule has 0 atom stereocenters. The molecule has 1 amide bonds. The molecule has 0 aliphatic carbocycles. The fraction of sp³-hybridized carbons (Fsp3) is 0.625. The smallest absolute Gasteiger partial charge is 0.272 e. The second kappa shape index (κ2) is 8.69. The molecule has 4 nitrogen and oxygen atoms in total. The van der Waals surface area contributed by atoms with Gasteiger partial charge in [0.05, 0.1) is 0 Å². The first-order chi connectivity index (χ1) is 9.58. The van der Waals surface area contributed by atoms with E-state index < -0.39 is 0 Å². The van der Waals surface area contributed by atoms with Crippen molar-refractivity contribution in [1.82, 2.24) is 14.8 Å². The average Bonchev–Trinajstić information content (AvgIpc) is 2.46. The molecule has 0 aliphatic rings. The highest BCUT2D eigenvalue weighted by Crippen LogP contribution is 2.06. The number of amides is 1. The summed E-state index contributed by atoms with van der Waals surface area (Å²) in [6.07, 6.45) is 1.67. The third kappa shape index (κ3) is 5.29. The molecule has 0 fully saturated rings. The van der Waals surface area contributed by atoms with Gasteiger partial charge in [0.1, 0.15) is 5.69 Å². The molecule has 0 N–H and O–H groups in total. The molecule has 1 aromatic heterocycles. The van der Waals surface area contributed by atoms with Gasteiger partial charge in [0, 0.05) is 25.8 Å². The van der Waals surface area contributed by atoms with E-state index in [1.165, 1.54) is 0 Å². The van der Waals surface area contributed by atoms with Crippen LogP contribution in [0.25, 0.3) is 0 Å². The summed E-state index contributed by atoms with van der Waals surface area (Å²) < 4.78 is 0. The first kappa shape index (κ1) is 16.6. The molecule has 0 bridgehead atoms. The van der Waals surface area contributed by atoms with Crippen molar-refractivity contribution >= 4 is 5.91 Å². The predicted octanol–water partition coefficient (Wildman–Crippen LogP) is 2.52. The molecule has 0 radical (unpaired) electrons. The minimum absolute atomic E-state index is 0.0338. The SMILES string of the molecule is CCN(CC)CCN(CC(C)C)C(=O)c1ccccn1. The van der Waals surface area contributed by atoms with Crippen LogP contribution in [0.4, 0.5) is 0 Å². The Kier molecular flexibility index (Phi) is 7.23. The zero-order valence-electron chi connectivity index (χ0n) is 13.2. The van der Waals surface area contributed by atoms with E-state index in [9.17, 15) is 4.79 Å². The lowest BCUT2D eigenvalue weighted by Crippen LogP contribution is -2.40. The van der Waals surface area contributed by atoms with Crippen molar-refractivity contribution in [2.45, 2.75) is 27.7 Å². The largest absolute Gasteiger partial charge is 0.336 e. The molecule has 112 valence electrons. The van der Waals surface area contributed by atoms with Crippen LogP contribution in [-0.4, -0.2) is 53.4 Å². The molecular formula is C16H27N3O. The fourth-order valence-electron chi connectivity index (χ4n) is 2.17. The molecule has 0 saturated carbocycles. The molecule has 0 spiro atoms. The van der Waals surface area contributed by atoms with Crippen LogP contribution in [0, 0.1) is 5.92 Å². The van der Waals surface area contributed by atoms with Gasteiger partial charge in [-0.1, -0.05) is 33.8 Å². The Labute approximate surface area is 122 Å². The number of nitrogens with zero attached hydrogens (tertiary/aromatic N) is 3. The van der Waals surface area contributed by atoms with Gasteiger partial charge in [0.2, 0.25) is 0 Å². The van der Waals surface area contributed by atoms with Crippen LogP contribution in [0.15, 0.2) is 24.4 Å². The summed E-state index contributed by atoms with van der Waals surface area (Å²) in [6, 6.07) is 5.48. The Morgan fingerprint density at radius 2 is 1.90 bits per heavy atom. The Hall–Kier alpha value is -1.42. The Morgan fingerprint density at radius 3 is 2.40 bits per heavy atom. The van der Waals surface area contributed by atoms with E-state index in [0.717, 1.165) is 32.7 Å². The van der Waals surface area contributed by atoms with Gasteiger partial charge in [-0.3, -0.25) is 9.78 Å². The lowest BCUT2D eigenvalue weighted by Gasteiger charge is -2.27. The summed E-state index contributed by atoms with van der Waals surface area (Å²) >= 11 is 0. The maximum absolute atomic E-state index is 12.5. The number of likely N-dealkylation sites (N-methyl/N-ethyl adjacent to an activating group) is 1. The number of hydrogen-bond donors (Lipinski definition) is 0. The highest BCUT2D eigenvalue weighted by Gasteiger charge is 2.18. The van der Waals surface area contributed by atoms with E-state index in [1.807, 2.05) is 17.0 Å². The van der Waals surface area contributed by atoms with Gasteiger partial charge < -0.3 is 9.80 Å². The standard InChI is InChI=1S/C16H27N3O/c1-5-18(6-2)11-12-19(13-14(3)4)16(20)15-9-7-8-10-17-15/h7-10,14H,5-6,11-13H2,1-4H3. The maximum Gasteiger partial charge on any atom is 0.272 e. The van der Waals surface area contributed by atoms with E-state index in [-0.39, 0.29) is 5.91 Å². The summed E-state index contributed by atoms with van der Waals surface area (Å²) in [4.78, 5) is 20.9. The molecule has 4 heteroatoms. The van der Waals surface area contributed by atoms with Crippen molar-refractivity contribution in [2.24, 2.45) is 5.92 Å². The summed E-state index contributed by atoms with van der Waals surface area (Å²) in [7, 11) is 0. The maximum atomic E-state index is 12.5. The Bertz CT molecular complexity index is 388. The first-order valence-electron chi connectivity index (χ1n) is 7.51. The van der Waals surface area contributed by atoms with Gasteiger partial charge in [-0.05, 0) is 31.1 Å². The summed E-state index contributed by atoms with van der Waals surface area (Å²) in [5.74, 6) is 0.492. The van der Waals surface area contributed by atoms with Crippen LogP contribution < -0.4 is 0 Å². The number of rotatable bonds is 8. The summed E-state index contributed by atoms with van der Waals surface area (Å²) in [6.45, 7) is 13.1. The topological polar surface area (TPSA) is 36.4 Å². The van der Waals surface area contributed by atoms with Crippen LogP contribution in [0.5, 0.6) is 0 Å². The molecule has 20 heavy (non-hydrogen) atoms. The second-order valence-electron chi connectivity index (χ2n) is 5.39. The average molecular weight is 277 g/mol. The minimum atomic E-state index is 0.0338. The zero-order valence-corrected chi connectivity index (χ0v) is 13.2. The van der Waals surface area contributed by atoms with Crippen molar-refractivity contribution in [3.63, 3.8) is 0 Å². The molecule has 0 saturated heterocycles. The zero-order chi connectivity index (χ0) is 15.0. The number of aromatic nitrogens is 1. The molecule has 0 aliphatic heterocycles. The summed E-state index contributed by atoms with van der Waals surface area (Å²) in [5.41, 5.74) is 0.535. The monoisotopic (exact) mass is 277 g/mol. The molecule has 1 rings (SSSR count). The van der Waals surface area contributed by atoms with Crippen molar-refractivity contribution in [1.29, 1.82) is 0 Å². The first-order valence-corrected chi connectivity index (χ1v) is 7.51. The summed E-state index contributed by atoms with van der Waals surface area (Å²) in [5, 5.41) is 0. The van der Waals surface area contributed by atoms with E-state index in [1.54, 1.807) is 12.3 Å². The molecule has 1 aromatic rings. The second-order valence-corrected chi connectivity index (χ2v) is 5.39. The third-order valence-corrected chi connectivity index (χ3v) is 3.34.